The fraction of sp³-hybridized carbons (Fsp3) is 0.385. The second-order valence-electron chi connectivity index (χ2n) is 4.58. The molecular formula is C13H13ClN2O3S. The Morgan fingerprint density at radius 1 is 1.40 bits per heavy atom. The molecule has 0 saturated carbocycles. The topological polar surface area (TPSA) is 78.2 Å². The van der Waals surface area contributed by atoms with E-state index in [0.29, 0.717) is 18.0 Å². The van der Waals surface area contributed by atoms with E-state index in [1.165, 1.54) is 29.2 Å². The van der Waals surface area contributed by atoms with Gasteiger partial charge in [-0.05, 0) is 30.7 Å². The highest BCUT2D eigenvalue weighted by Gasteiger charge is 2.35. The molecule has 0 bridgehead atoms. The monoisotopic (exact) mass is 312 g/mol. The molecular weight excluding hydrogens is 300 g/mol. The first kappa shape index (κ1) is 14.8. The van der Waals surface area contributed by atoms with Crippen LogP contribution in [0.25, 0.3) is 0 Å². The first-order valence-electron chi connectivity index (χ1n) is 6.09. The van der Waals surface area contributed by atoms with Crippen LogP contribution in [0.5, 0.6) is 0 Å². The van der Waals surface area contributed by atoms with E-state index in [4.69, 9.17) is 16.9 Å². The molecule has 0 spiro atoms. The van der Waals surface area contributed by atoms with E-state index >= 15 is 0 Å². The Balaban J connectivity index is 2.15. The molecule has 1 amide bonds. The second-order valence-corrected chi connectivity index (χ2v) is 7.25. The third kappa shape index (κ3) is 2.94. The van der Waals surface area contributed by atoms with Crippen LogP contribution in [0.2, 0.25) is 5.02 Å². The van der Waals surface area contributed by atoms with Crippen LogP contribution in [-0.2, 0) is 14.6 Å². The van der Waals surface area contributed by atoms with Crippen LogP contribution in [0.3, 0.4) is 0 Å². The molecule has 0 radical (unpaired) electrons. The van der Waals surface area contributed by atoms with Crippen LogP contribution in [-0.4, -0.2) is 37.6 Å². The minimum Gasteiger partial charge on any atom is -0.340 e. The highest BCUT2D eigenvalue weighted by atomic mass is 35.5. The number of hydrogen-bond donors (Lipinski definition) is 0. The lowest BCUT2D eigenvalue weighted by Crippen LogP contribution is -2.31. The number of rotatable bonds is 3. The normalized spacial score (nSPS) is 18.8. The van der Waals surface area contributed by atoms with Gasteiger partial charge in [0.05, 0.1) is 16.2 Å². The summed E-state index contributed by atoms with van der Waals surface area (Å²) in [4.78, 5) is 13.2. The number of nitrogens with zero attached hydrogens (tertiary/aromatic N) is 2. The lowest BCUT2D eigenvalue weighted by Gasteiger charge is -2.15. The Bertz CT molecular complexity index is 649. The van der Waals surface area contributed by atoms with Crippen LogP contribution < -0.4 is 0 Å². The summed E-state index contributed by atoms with van der Waals surface area (Å²) in [5.74, 6) is -0.318. The SMILES string of the molecule is N#CCC(=O)N1CCC(S(=O)(=O)c2ccc(Cl)cc2)C1. The number of sulfone groups is 1. The summed E-state index contributed by atoms with van der Waals surface area (Å²) < 4.78 is 24.9. The Kier molecular flexibility index (Phi) is 4.31. The van der Waals surface area contributed by atoms with Gasteiger partial charge in [0.25, 0.3) is 0 Å². The van der Waals surface area contributed by atoms with Gasteiger partial charge in [0.2, 0.25) is 5.91 Å². The molecule has 0 N–H and O–H groups in total. The second kappa shape index (κ2) is 5.81. The fourth-order valence-corrected chi connectivity index (χ4v) is 4.02. The third-order valence-electron chi connectivity index (χ3n) is 3.31. The van der Waals surface area contributed by atoms with E-state index in [0.717, 1.165) is 0 Å². The van der Waals surface area contributed by atoms with Crippen molar-refractivity contribution in [2.75, 3.05) is 13.1 Å². The van der Waals surface area contributed by atoms with Gasteiger partial charge in [-0.2, -0.15) is 5.26 Å². The predicted octanol–water partition coefficient (Wildman–Crippen LogP) is 1.63. The molecule has 1 aromatic rings. The summed E-state index contributed by atoms with van der Waals surface area (Å²) in [5.41, 5.74) is 0. The van der Waals surface area contributed by atoms with Crippen molar-refractivity contribution in [3.05, 3.63) is 29.3 Å². The average molecular weight is 313 g/mol. The maximum atomic E-state index is 12.4. The molecule has 1 fully saturated rings. The zero-order valence-electron chi connectivity index (χ0n) is 10.6. The largest absolute Gasteiger partial charge is 0.340 e. The molecule has 1 unspecified atom stereocenters. The zero-order valence-corrected chi connectivity index (χ0v) is 12.2. The molecule has 0 aromatic heterocycles. The summed E-state index contributed by atoms with van der Waals surface area (Å²) in [5, 5.41) is 8.35. The van der Waals surface area contributed by atoms with Crippen LogP contribution >= 0.6 is 11.6 Å². The molecule has 1 aromatic carbocycles. The summed E-state index contributed by atoms with van der Waals surface area (Å²) in [6.07, 6.45) is 0.176. The van der Waals surface area contributed by atoms with Gasteiger partial charge in [0.1, 0.15) is 6.42 Å². The van der Waals surface area contributed by atoms with Crippen molar-refractivity contribution in [3.63, 3.8) is 0 Å². The van der Waals surface area contributed by atoms with E-state index in [2.05, 4.69) is 0 Å². The fourth-order valence-electron chi connectivity index (χ4n) is 2.20. The van der Waals surface area contributed by atoms with Gasteiger partial charge in [-0.15, -0.1) is 0 Å². The summed E-state index contributed by atoms with van der Waals surface area (Å²) in [6, 6.07) is 7.78. The third-order valence-corrected chi connectivity index (χ3v) is 5.75. The van der Waals surface area contributed by atoms with E-state index in [9.17, 15) is 13.2 Å². The minimum absolute atomic E-state index is 0.144. The smallest absolute Gasteiger partial charge is 0.236 e. The highest BCUT2D eigenvalue weighted by Crippen LogP contribution is 2.25. The quantitative estimate of drug-likeness (QED) is 0.849. The van der Waals surface area contributed by atoms with Crippen LogP contribution in [0, 0.1) is 11.3 Å². The molecule has 106 valence electrons. The molecule has 1 aliphatic rings. The van der Waals surface area contributed by atoms with Crippen molar-refractivity contribution >= 4 is 27.3 Å². The van der Waals surface area contributed by atoms with Crippen LogP contribution in [0.15, 0.2) is 29.2 Å². The van der Waals surface area contributed by atoms with Gasteiger partial charge >= 0.3 is 0 Å². The number of hydrogen-bond acceptors (Lipinski definition) is 4. The number of nitriles is 1. The van der Waals surface area contributed by atoms with E-state index in [1.54, 1.807) is 6.07 Å². The Labute approximate surface area is 122 Å². The van der Waals surface area contributed by atoms with Gasteiger partial charge in [0.15, 0.2) is 9.84 Å². The Morgan fingerprint density at radius 2 is 2.05 bits per heavy atom. The number of benzene rings is 1. The maximum Gasteiger partial charge on any atom is 0.236 e. The van der Waals surface area contributed by atoms with E-state index in [1.807, 2.05) is 0 Å². The van der Waals surface area contributed by atoms with Gasteiger partial charge in [-0.3, -0.25) is 4.79 Å². The van der Waals surface area contributed by atoms with E-state index < -0.39 is 15.1 Å². The van der Waals surface area contributed by atoms with Crippen LogP contribution in [0.4, 0.5) is 0 Å². The van der Waals surface area contributed by atoms with Crippen molar-refractivity contribution < 1.29 is 13.2 Å². The van der Waals surface area contributed by atoms with Gasteiger partial charge < -0.3 is 4.90 Å². The van der Waals surface area contributed by atoms with Gasteiger partial charge in [-0.1, -0.05) is 11.6 Å². The molecule has 5 nitrogen and oxygen atoms in total. The van der Waals surface area contributed by atoms with Crippen molar-refractivity contribution in [1.29, 1.82) is 5.26 Å². The lowest BCUT2D eigenvalue weighted by molar-refractivity contribution is -0.129. The Morgan fingerprint density at radius 3 is 2.65 bits per heavy atom. The van der Waals surface area contributed by atoms with Crippen LogP contribution in [0.1, 0.15) is 12.8 Å². The molecule has 1 heterocycles. The summed E-state index contributed by atoms with van der Waals surface area (Å²) in [7, 11) is -3.47. The first-order chi connectivity index (χ1) is 9.45. The molecule has 2 rings (SSSR count). The number of carbonyl (C=O) groups excluding carboxylic acids is 1. The number of halogens is 1. The number of amides is 1. The molecule has 1 atom stereocenters. The van der Waals surface area contributed by atoms with Crippen molar-refractivity contribution in [1.82, 2.24) is 4.90 Å². The van der Waals surface area contributed by atoms with Crippen molar-refractivity contribution in [2.24, 2.45) is 0 Å². The predicted molar refractivity (Wildman–Crippen MR) is 73.9 cm³/mol. The standard InChI is InChI=1S/C13H13ClN2O3S/c14-10-1-3-11(4-2-10)20(18,19)12-6-8-16(9-12)13(17)5-7-15/h1-4,12H,5-6,8-9H2. The molecule has 20 heavy (non-hydrogen) atoms. The lowest BCUT2D eigenvalue weighted by atomic mass is 10.4. The molecule has 7 heteroatoms. The Hall–Kier alpha value is -1.58. The molecule has 1 aliphatic heterocycles. The van der Waals surface area contributed by atoms with Crippen molar-refractivity contribution in [2.45, 2.75) is 23.0 Å². The average Bonchev–Trinajstić information content (AvgIpc) is 2.90. The molecule has 1 saturated heterocycles. The molecule has 0 aliphatic carbocycles. The van der Waals surface area contributed by atoms with Gasteiger partial charge in [0, 0.05) is 18.1 Å². The van der Waals surface area contributed by atoms with Crippen molar-refractivity contribution in [3.8, 4) is 6.07 Å². The zero-order chi connectivity index (χ0) is 14.8. The first-order valence-corrected chi connectivity index (χ1v) is 8.02. The number of likely N-dealkylation sites (tertiary alicyclic amines) is 1. The summed E-state index contributed by atoms with van der Waals surface area (Å²) in [6.45, 7) is 0.517. The van der Waals surface area contributed by atoms with Gasteiger partial charge in [-0.25, -0.2) is 8.42 Å². The highest BCUT2D eigenvalue weighted by molar-refractivity contribution is 7.92. The maximum absolute atomic E-state index is 12.4. The minimum atomic E-state index is -3.47. The summed E-state index contributed by atoms with van der Waals surface area (Å²) >= 11 is 5.74. The van der Waals surface area contributed by atoms with E-state index in [-0.39, 0.29) is 23.8 Å². The number of carbonyl (C=O) groups is 1.